The topological polar surface area (TPSA) is 38.3 Å². The first-order chi connectivity index (χ1) is 9.54. The molecule has 2 aromatic carbocycles. The van der Waals surface area contributed by atoms with Crippen molar-refractivity contribution >= 4 is 59.4 Å². The fourth-order valence-corrected chi connectivity index (χ4v) is 2.43. The zero-order valence-corrected chi connectivity index (χ0v) is 15.0. The number of hydrogen-bond donors (Lipinski definition) is 1. The first-order valence-electron chi connectivity index (χ1n) is 5.68. The van der Waals surface area contributed by atoms with Gasteiger partial charge < -0.3 is 10.1 Å². The van der Waals surface area contributed by atoms with Crippen LogP contribution in [0.4, 0.5) is 5.69 Å². The second-order valence-electron chi connectivity index (χ2n) is 3.91. The summed E-state index contributed by atoms with van der Waals surface area (Å²) >= 11 is 10.1. The molecule has 2 aromatic rings. The van der Waals surface area contributed by atoms with Crippen LogP contribution in [-0.4, -0.2) is 12.5 Å². The molecule has 1 amide bonds. The summed E-state index contributed by atoms with van der Waals surface area (Å²) in [5.41, 5.74) is 0.698. The van der Waals surface area contributed by atoms with E-state index < -0.39 is 0 Å². The van der Waals surface area contributed by atoms with Gasteiger partial charge in [-0.25, -0.2) is 0 Å². The maximum absolute atomic E-state index is 11.8. The average Bonchev–Trinajstić information content (AvgIpc) is 2.42. The SMILES string of the molecule is O=C(COc1ccc(Br)cc1)Nc1cc(Br)ccc1Br. The van der Waals surface area contributed by atoms with Crippen molar-refractivity contribution in [1.29, 1.82) is 0 Å². The normalized spacial score (nSPS) is 10.2. The lowest BCUT2D eigenvalue weighted by molar-refractivity contribution is -0.118. The maximum atomic E-state index is 11.8. The number of carbonyl (C=O) groups excluding carboxylic acids is 1. The van der Waals surface area contributed by atoms with Crippen LogP contribution in [0.3, 0.4) is 0 Å². The molecule has 0 bridgehead atoms. The molecule has 0 atom stereocenters. The van der Waals surface area contributed by atoms with Gasteiger partial charge in [-0.2, -0.15) is 0 Å². The number of hydrogen-bond acceptors (Lipinski definition) is 2. The van der Waals surface area contributed by atoms with Gasteiger partial charge in [0.05, 0.1) is 5.69 Å². The molecule has 0 radical (unpaired) electrons. The van der Waals surface area contributed by atoms with Crippen molar-refractivity contribution in [2.45, 2.75) is 0 Å². The number of amides is 1. The molecule has 0 spiro atoms. The Bertz CT molecular complexity index is 614. The number of rotatable bonds is 4. The maximum Gasteiger partial charge on any atom is 0.262 e. The Labute approximate surface area is 142 Å². The van der Waals surface area contributed by atoms with E-state index in [2.05, 4.69) is 53.1 Å². The van der Waals surface area contributed by atoms with Gasteiger partial charge in [0.1, 0.15) is 5.75 Å². The third kappa shape index (κ3) is 4.61. The quantitative estimate of drug-likeness (QED) is 0.693. The lowest BCUT2D eigenvalue weighted by Gasteiger charge is -2.09. The minimum atomic E-state index is -0.216. The van der Waals surface area contributed by atoms with E-state index in [9.17, 15) is 4.79 Å². The number of ether oxygens (including phenoxy) is 1. The van der Waals surface area contributed by atoms with Crippen LogP contribution in [0.25, 0.3) is 0 Å². The van der Waals surface area contributed by atoms with E-state index in [1.165, 1.54) is 0 Å². The first kappa shape index (κ1) is 15.5. The number of nitrogens with one attached hydrogen (secondary N) is 1. The van der Waals surface area contributed by atoms with Gasteiger partial charge >= 0.3 is 0 Å². The van der Waals surface area contributed by atoms with Crippen molar-refractivity contribution in [3.8, 4) is 5.75 Å². The van der Waals surface area contributed by atoms with Crippen LogP contribution in [0.2, 0.25) is 0 Å². The molecular formula is C14H10Br3NO2. The van der Waals surface area contributed by atoms with Gasteiger partial charge in [-0.05, 0) is 58.4 Å². The molecule has 2 rings (SSSR count). The summed E-state index contributed by atoms with van der Waals surface area (Å²) in [6.07, 6.45) is 0. The van der Waals surface area contributed by atoms with Crippen molar-refractivity contribution < 1.29 is 9.53 Å². The zero-order chi connectivity index (χ0) is 14.5. The molecule has 0 aliphatic carbocycles. The highest BCUT2D eigenvalue weighted by Gasteiger charge is 2.07. The number of carbonyl (C=O) groups is 1. The van der Waals surface area contributed by atoms with Gasteiger partial charge in [0.25, 0.3) is 5.91 Å². The Hall–Kier alpha value is -0.850. The molecule has 0 unspecified atom stereocenters. The third-order valence-corrected chi connectivity index (χ3v) is 4.10. The van der Waals surface area contributed by atoms with E-state index in [4.69, 9.17) is 4.74 Å². The van der Waals surface area contributed by atoms with Gasteiger partial charge in [0, 0.05) is 13.4 Å². The summed E-state index contributed by atoms with van der Waals surface area (Å²) in [5, 5.41) is 2.78. The molecule has 20 heavy (non-hydrogen) atoms. The summed E-state index contributed by atoms with van der Waals surface area (Å²) in [6.45, 7) is -0.0411. The van der Waals surface area contributed by atoms with Crippen molar-refractivity contribution in [3.63, 3.8) is 0 Å². The highest BCUT2D eigenvalue weighted by atomic mass is 79.9. The van der Waals surface area contributed by atoms with Crippen LogP contribution in [0.1, 0.15) is 0 Å². The highest BCUT2D eigenvalue weighted by molar-refractivity contribution is 9.11. The zero-order valence-electron chi connectivity index (χ0n) is 10.2. The van der Waals surface area contributed by atoms with Crippen LogP contribution in [-0.2, 0) is 4.79 Å². The van der Waals surface area contributed by atoms with Gasteiger partial charge in [-0.15, -0.1) is 0 Å². The second kappa shape index (κ2) is 7.24. The van der Waals surface area contributed by atoms with E-state index in [0.29, 0.717) is 11.4 Å². The molecule has 3 nitrogen and oxygen atoms in total. The summed E-state index contributed by atoms with van der Waals surface area (Å²) in [5.74, 6) is 0.434. The van der Waals surface area contributed by atoms with Crippen molar-refractivity contribution in [2.75, 3.05) is 11.9 Å². The largest absolute Gasteiger partial charge is 0.484 e. The summed E-state index contributed by atoms with van der Waals surface area (Å²) in [4.78, 5) is 11.8. The molecule has 6 heteroatoms. The van der Waals surface area contributed by atoms with Crippen LogP contribution in [0.5, 0.6) is 5.75 Å². The molecule has 0 saturated carbocycles. The summed E-state index contributed by atoms with van der Waals surface area (Å²) in [7, 11) is 0. The van der Waals surface area contributed by atoms with Crippen LogP contribution >= 0.6 is 47.8 Å². The molecule has 0 heterocycles. The number of benzene rings is 2. The van der Waals surface area contributed by atoms with E-state index in [1.54, 1.807) is 12.1 Å². The Morgan fingerprint density at radius 2 is 1.65 bits per heavy atom. The molecule has 0 saturated heterocycles. The monoisotopic (exact) mass is 461 g/mol. The molecule has 0 aliphatic heterocycles. The molecule has 0 aromatic heterocycles. The Balaban J connectivity index is 1.92. The van der Waals surface area contributed by atoms with Gasteiger partial charge in [-0.1, -0.05) is 31.9 Å². The first-order valence-corrected chi connectivity index (χ1v) is 8.06. The Kier molecular flexibility index (Phi) is 5.63. The predicted octanol–water partition coefficient (Wildman–Crippen LogP) is 4.99. The highest BCUT2D eigenvalue weighted by Crippen LogP contribution is 2.26. The second-order valence-corrected chi connectivity index (χ2v) is 6.60. The van der Waals surface area contributed by atoms with Crippen molar-refractivity contribution in [2.24, 2.45) is 0 Å². The summed E-state index contributed by atoms with van der Waals surface area (Å²) < 4.78 is 8.08. The number of halogens is 3. The lowest BCUT2D eigenvalue weighted by Crippen LogP contribution is -2.20. The van der Waals surface area contributed by atoms with Crippen molar-refractivity contribution in [3.05, 3.63) is 55.9 Å². The van der Waals surface area contributed by atoms with Gasteiger partial charge in [0.2, 0.25) is 0 Å². The fourth-order valence-electron chi connectivity index (χ4n) is 1.46. The number of anilines is 1. The van der Waals surface area contributed by atoms with E-state index in [0.717, 1.165) is 13.4 Å². The molecule has 0 aliphatic rings. The van der Waals surface area contributed by atoms with E-state index in [1.807, 2.05) is 30.3 Å². The van der Waals surface area contributed by atoms with E-state index in [-0.39, 0.29) is 12.5 Å². The smallest absolute Gasteiger partial charge is 0.262 e. The van der Waals surface area contributed by atoms with Gasteiger partial charge in [0.15, 0.2) is 6.61 Å². The average molecular weight is 464 g/mol. The predicted molar refractivity (Wildman–Crippen MR) is 90.1 cm³/mol. The minimum absolute atomic E-state index is 0.0411. The molecule has 1 N–H and O–H groups in total. The van der Waals surface area contributed by atoms with Crippen LogP contribution in [0, 0.1) is 0 Å². The lowest BCUT2D eigenvalue weighted by atomic mass is 10.3. The molecule has 104 valence electrons. The minimum Gasteiger partial charge on any atom is -0.484 e. The van der Waals surface area contributed by atoms with E-state index >= 15 is 0 Å². The van der Waals surface area contributed by atoms with Gasteiger partial charge in [-0.3, -0.25) is 4.79 Å². The van der Waals surface area contributed by atoms with Crippen LogP contribution in [0.15, 0.2) is 55.9 Å². The fraction of sp³-hybridized carbons (Fsp3) is 0.0714. The Morgan fingerprint density at radius 3 is 2.35 bits per heavy atom. The third-order valence-electron chi connectivity index (χ3n) is 2.39. The van der Waals surface area contributed by atoms with Crippen molar-refractivity contribution in [1.82, 2.24) is 0 Å². The van der Waals surface area contributed by atoms with Crippen LogP contribution < -0.4 is 10.1 Å². The molecular weight excluding hydrogens is 454 g/mol. The Morgan fingerprint density at radius 1 is 1.00 bits per heavy atom. The standard InChI is InChI=1S/C14H10Br3NO2/c15-9-1-4-11(5-2-9)20-8-14(19)18-13-7-10(16)3-6-12(13)17/h1-7H,8H2,(H,18,19). The summed E-state index contributed by atoms with van der Waals surface area (Å²) in [6, 6.07) is 12.9. The molecule has 0 fully saturated rings.